The largest absolute Gasteiger partial charge is 0.495 e. The van der Waals surface area contributed by atoms with Gasteiger partial charge in [-0.3, -0.25) is 4.79 Å². The molecule has 1 amide bonds. The summed E-state index contributed by atoms with van der Waals surface area (Å²) in [6.07, 6.45) is 6.25. The number of nitrogens with one attached hydrogen (secondary N) is 4. The number of carbonyl (C=O) groups excluding carboxylic acids is 1. The summed E-state index contributed by atoms with van der Waals surface area (Å²) in [5.41, 5.74) is 3.52. The van der Waals surface area contributed by atoms with Gasteiger partial charge in [0.2, 0.25) is 5.95 Å². The van der Waals surface area contributed by atoms with Gasteiger partial charge >= 0.3 is 0 Å². The number of nitrogens with zero attached hydrogens (tertiary/aromatic N) is 3. The lowest BCUT2D eigenvalue weighted by atomic mass is 9.89. The average molecular weight is 548 g/mol. The molecule has 1 fully saturated rings. The molecule has 1 aromatic carbocycles. The summed E-state index contributed by atoms with van der Waals surface area (Å²) in [5, 5.41) is 12.4. The normalized spacial score (nSPS) is 14.4. The highest BCUT2D eigenvalue weighted by molar-refractivity contribution is 7.12. The molecule has 0 bridgehead atoms. The van der Waals surface area contributed by atoms with Crippen molar-refractivity contribution in [2.45, 2.75) is 45.4 Å². The van der Waals surface area contributed by atoms with E-state index in [1.807, 2.05) is 30.6 Å². The Balaban J connectivity index is 1.36. The second-order valence-electron chi connectivity index (χ2n) is 9.88. The molecule has 9 nitrogen and oxygen atoms in total. The zero-order valence-corrected chi connectivity index (χ0v) is 23.7. The van der Waals surface area contributed by atoms with E-state index in [0.717, 1.165) is 36.3 Å². The third-order valence-corrected chi connectivity index (χ3v) is 8.06. The van der Waals surface area contributed by atoms with Crippen LogP contribution >= 0.6 is 11.3 Å². The van der Waals surface area contributed by atoms with Gasteiger partial charge in [0.15, 0.2) is 0 Å². The predicted molar refractivity (Wildman–Crippen MR) is 159 cm³/mol. The second-order valence-corrected chi connectivity index (χ2v) is 10.8. The average Bonchev–Trinajstić information content (AvgIpc) is 3.62. The van der Waals surface area contributed by atoms with Crippen LogP contribution in [0.2, 0.25) is 0 Å². The minimum absolute atomic E-state index is 0.0899. The summed E-state index contributed by atoms with van der Waals surface area (Å²) in [5.74, 6) is 2.26. The van der Waals surface area contributed by atoms with Crippen LogP contribution in [0.4, 0.5) is 23.1 Å². The Kier molecular flexibility index (Phi) is 8.63. The quantitative estimate of drug-likeness (QED) is 0.176. The first kappa shape index (κ1) is 27.0. The number of rotatable bonds is 11. The number of amides is 1. The molecule has 5 rings (SSSR count). The second kappa shape index (κ2) is 12.5. The van der Waals surface area contributed by atoms with Crippen molar-refractivity contribution in [3.63, 3.8) is 0 Å². The highest BCUT2D eigenvalue weighted by Crippen LogP contribution is 2.36. The molecule has 0 aliphatic carbocycles. The molecule has 206 valence electrons. The molecule has 0 saturated carbocycles. The van der Waals surface area contributed by atoms with E-state index < -0.39 is 0 Å². The number of H-pyrrole nitrogens is 1. The standard InChI is InChI=1S/C29H37N7O2S/c1-4-12-31-28(37)25-23(11-17-39-25)32-27-21-8-13-30-26(21)34-29(35-27)33-22-7-6-20(18-24(22)38-3)19-9-15-36(14-5-2)16-10-19/h6-8,11,13,17-19H,4-5,9-10,12,14-16H2,1-3H3,(H,31,37)(H3,30,32,33,34,35). The minimum Gasteiger partial charge on any atom is -0.495 e. The first-order valence-corrected chi connectivity index (χ1v) is 14.6. The number of benzene rings is 1. The molecule has 4 heterocycles. The number of likely N-dealkylation sites (tertiary alicyclic amines) is 1. The van der Waals surface area contributed by atoms with E-state index >= 15 is 0 Å². The molecule has 4 N–H and O–H groups in total. The molecule has 0 radical (unpaired) electrons. The Morgan fingerprint density at radius 3 is 2.72 bits per heavy atom. The summed E-state index contributed by atoms with van der Waals surface area (Å²) in [7, 11) is 1.69. The van der Waals surface area contributed by atoms with Gasteiger partial charge in [-0.1, -0.05) is 19.9 Å². The monoisotopic (exact) mass is 547 g/mol. The van der Waals surface area contributed by atoms with Gasteiger partial charge in [-0.2, -0.15) is 9.97 Å². The molecule has 0 unspecified atom stereocenters. The number of hydrogen-bond donors (Lipinski definition) is 4. The fraction of sp³-hybridized carbons (Fsp3) is 0.414. The van der Waals surface area contributed by atoms with Crippen molar-refractivity contribution in [3.8, 4) is 5.75 Å². The molecule has 1 saturated heterocycles. The van der Waals surface area contributed by atoms with Crippen molar-refractivity contribution < 1.29 is 9.53 Å². The van der Waals surface area contributed by atoms with Crippen LogP contribution in [0.1, 0.15) is 60.7 Å². The van der Waals surface area contributed by atoms with Crippen molar-refractivity contribution >= 4 is 51.4 Å². The van der Waals surface area contributed by atoms with Gasteiger partial charge in [0.05, 0.1) is 23.9 Å². The number of methoxy groups -OCH3 is 1. The number of aromatic amines is 1. The number of ether oxygens (including phenoxy) is 1. The number of piperidine rings is 1. The molecular weight excluding hydrogens is 510 g/mol. The summed E-state index contributed by atoms with van der Waals surface area (Å²) in [6, 6.07) is 10.2. The SMILES string of the molecule is CCCNC(=O)c1sccc1Nc1nc(Nc2ccc(C3CCN(CCC)CC3)cc2OC)nc2[nH]ccc12. The van der Waals surface area contributed by atoms with E-state index in [9.17, 15) is 4.79 Å². The maximum Gasteiger partial charge on any atom is 0.263 e. The third kappa shape index (κ3) is 6.17. The number of anilines is 4. The molecule has 3 aromatic heterocycles. The maximum atomic E-state index is 12.6. The summed E-state index contributed by atoms with van der Waals surface area (Å²) >= 11 is 1.40. The molecule has 1 aliphatic heterocycles. The fourth-order valence-corrected chi connectivity index (χ4v) is 5.88. The van der Waals surface area contributed by atoms with E-state index in [1.165, 1.54) is 42.7 Å². The van der Waals surface area contributed by atoms with Gasteiger partial charge in [0.25, 0.3) is 5.91 Å². The number of hydrogen-bond acceptors (Lipinski definition) is 8. The summed E-state index contributed by atoms with van der Waals surface area (Å²) in [4.78, 5) is 28.5. The van der Waals surface area contributed by atoms with Crippen molar-refractivity contribution in [2.24, 2.45) is 0 Å². The van der Waals surface area contributed by atoms with Crippen LogP contribution in [0.5, 0.6) is 5.75 Å². The number of aromatic nitrogens is 3. The molecule has 0 spiro atoms. The van der Waals surface area contributed by atoms with Gasteiger partial charge in [-0.05, 0) is 86.4 Å². The van der Waals surface area contributed by atoms with Crippen LogP contribution in [-0.4, -0.2) is 59.0 Å². The Morgan fingerprint density at radius 2 is 1.95 bits per heavy atom. The van der Waals surface area contributed by atoms with Gasteiger partial charge < -0.3 is 30.6 Å². The minimum atomic E-state index is -0.0899. The highest BCUT2D eigenvalue weighted by atomic mass is 32.1. The zero-order valence-electron chi connectivity index (χ0n) is 22.8. The van der Waals surface area contributed by atoms with Crippen LogP contribution in [-0.2, 0) is 0 Å². The Hall–Kier alpha value is -3.63. The first-order chi connectivity index (χ1) is 19.1. The molecule has 0 atom stereocenters. The van der Waals surface area contributed by atoms with Crippen molar-refractivity contribution in [2.75, 3.05) is 43.9 Å². The van der Waals surface area contributed by atoms with Crippen molar-refractivity contribution in [1.82, 2.24) is 25.2 Å². The van der Waals surface area contributed by atoms with Gasteiger partial charge in [0, 0.05) is 12.7 Å². The van der Waals surface area contributed by atoms with Crippen molar-refractivity contribution in [1.29, 1.82) is 0 Å². The lowest BCUT2D eigenvalue weighted by Crippen LogP contribution is -2.33. The number of thiophene rings is 1. The van der Waals surface area contributed by atoms with Crippen LogP contribution < -0.4 is 20.7 Å². The molecule has 4 aromatic rings. The van der Waals surface area contributed by atoms with Gasteiger partial charge in [0.1, 0.15) is 22.1 Å². The smallest absolute Gasteiger partial charge is 0.263 e. The predicted octanol–water partition coefficient (Wildman–Crippen LogP) is 6.24. The number of fused-ring (bicyclic) bond motifs is 1. The summed E-state index contributed by atoms with van der Waals surface area (Å²) in [6.45, 7) is 8.38. The molecular formula is C29H37N7O2S. The first-order valence-electron chi connectivity index (χ1n) is 13.7. The van der Waals surface area contributed by atoms with E-state index in [2.05, 4.69) is 55.9 Å². The Morgan fingerprint density at radius 1 is 1.10 bits per heavy atom. The van der Waals surface area contributed by atoms with Gasteiger partial charge in [-0.15, -0.1) is 11.3 Å². The maximum absolute atomic E-state index is 12.6. The Labute approximate surface area is 233 Å². The van der Waals surface area contributed by atoms with Crippen LogP contribution in [0.3, 0.4) is 0 Å². The van der Waals surface area contributed by atoms with Crippen LogP contribution in [0.15, 0.2) is 41.9 Å². The Bertz CT molecular complexity index is 1410. The van der Waals surface area contributed by atoms with Crippen molar-refractivity contribution in [3.05, 3.63) is 52.3 Å². The molecule has 10 heteroatoms. The van der Waals surface area contributed by atoms with E-state index in [4.69, 9.17) is 9.72 Å². The topological polar surface area (TPSA) is 107 Å². The number of carbonyl (C=O) groups is 1. The van der Waals surface area contributed by atoms with Crippen LogP contribution in [0.25, 0.3) is 11.0 Å². The lowest BCUT2D eigenvalue weighted by molar-refractivity contribution is 0.0958. The molecule has 39 heavy (non-hydrogen) atoms. The van der Waals surface area contributed by atoms with E-state index in [0.29, 0.717) is 40.4 Å². The molecule has 1 aliphatic rings. The highest BCUT2D eigenvalue weighted by Gasteiger charge is 2.22. The van der Waals surface area contributed by atoms with Crippen LogP contribution in [0, 0.1) is 0 Å². The van der Waals surface area contributed by atoms with Gasteiger partial charge in [-0.25, -0.2) is 0 Å². The third-order valence-electron chi connectivity index (χ3n) is 7.15. The fourth-order valence-electron chi connectivity index (χ4n) is 5.11. The van der Waals surface area contributed by atoms with E-state index in [1.54, 1.807) is 7.11 Å². The zero-order chi connectivity index (χ0) is 27.2. The summed E-state index contributed by atoms with van der Waals surface area (Å²) < 4.78 is 5.78. The van der Waals surface area contributed by atoms with E-state index in [-0.39, 0.29) is 5.91 Å². The lowest BCUT2D eigenvalue weighted by Gasteiger charge is -2.32.